The summed E-state index contributed by atoms with van der Waals surface area (Å²) in [5.41, 5.74) is 0.998. The van der Waals surface area contributed by atoms with Crippen molar-refractivity contribution in [2.24, 2.45) is 5.10 Å². The van der Waals surface area contributed by atoms with E-state index in [1.165, 1.54) is 17.0 Å². The number of nitrogens with zero attached hydrogens (tertiary/aromatic N) is 3. The van der Waals surface area contributed by atoms with Crippen LogP contribution in [0.5, 0.6) is 5.75 Å². The molecule has 0 aliphatic carbocycles. The van der Waals surface area contributed by atoms with Crippen LogP contribution in [-0.4, -0.2) is 37.3 Å². The fraction of sp³-hybridized carbons (Fsp3) is 0. The average Bonchev–Trinajstić information content (AvgIpc) is 3.07. The molecule has 0 unspecified atom stereocenters. The number of rotatable bonds is 4. The van der Waals surface area contributed by atoms with Crippen molar-refractivity contribution >= 4 is 35.2 Å². The van der Waals surface area contributed by atoms with E-state index in [1.807, 2.05) is 30.3 Å². The van der Waals surface area contributed by atoms with E-state index in [1.54, 1.807) is 24.3 Å². The highest BCUT2D eigenvalue weighted by atomic mass is 32.1. The number of hydrogen-bond donors (Lipinski definition) is 3. The van der Waals surface area contributed by atoms with Crippen molar-refractivity contribution in [3.63, 3.8) is 0 Å². The number of phenolic OH excluding ortho intramolecular Hbond substituents is 1. The highest BCUT2D eigenvalue weighted by molar-refractivity contribution is 7.71. The molecule has 7 nitrogen and oxygen atoms in total. The van der Waals surface area contributed by atoms with Gasteiger partial charge in [-0.3, -0.25) is 0 Å². The third kappa shape index (κ3) is 3.06. The minimum absolute atomic E-state index is 0.0643. The predicted molar refractivity (Wildman–Crippen MR) is 108 cm³/mol. The fourth-order valence-electron chi connectivity index (χ4n) is 2.93. The van der Waals surface area contributed by atoms with E-state index >= 15 is 0 Å². The maximum Gasteiger partial charge on any atom is 0.336 e. The quantitative estimate of drug-likeness (QED) is 0.360. The number of H-pyrrole nitrogens is 1. The number of nitrogens with one attached hydrogen (secondary N) is 1. The smallest absolute Gasteiger partial charge is 0.336 e. The van der Waals surface area contributed by atoms with Crippen LogP contribution < -0.4 is 0 Å². The molecule has 0 spiro atoms. The zero-order chi connectivity index (χ0) is 19.7. The van der Waals surface area contributed by atoms with E-state index in [0.29, 0.717) is 22.3 Å². The summed E-state index contributed by atoms with van der Waals surface area (Å²) in [4.78, 5) is 11.4. The van der Waals surface area contributed by atoms with Gasteiger partial charge in [0.25, 0.3) is 0 Å². The molecule has 0 aliphatic rings. The lowest BCUT2D eigenvalue weighted by Crippen LogP contribution is -2.02. The molecule has 0 saturated carbocycles. The molecule has 0 radical (unpaired) electrons. The molecule has 3 N–H and O–H groups in total. The van der Waals surface area contributed by atoms with E-state index in [4.69, 9.17) is 12.2 Å². The molecule has 4 rings (SSSR count). The number of phenols is 1. The second-order valence-electron chi connectivity index (χ2n) is 5.98. The molecule has 0 atom stereocenters. The maximum atomic E-state index is 11.4. The minimum Gasteiger partial charge on any atom is -0.507 e. The van der Waals surface area contributed by atoms with Gasteiger partial charge in [0.05, 0.1) is 17.3 Å². The SMILES string of the molecule is O=C(O)c1ccccc1/C=N/n1c(-c2ccc3ccccc3c2O)n[nH]c1=S. The van der Waals surface area contributed by atoms with Crippen molar-refractivity contribution in [2.45, 2.75) is 0 Å². The van der Waals surface area contributed by atoms with Gasteiger partial charge in [0.15, 0.2) is 5.82 Å². The van der Waals surface area contributed by atoms with Gasteiger partial charge >= 0.3 is 5.97 Å². The van der Waals surface area contributed by atoms with Gasteiger partial charge in [-0.1, -0.05) is 48.5 Å². The molecule has 4 aromatic rings. The molecule has 0 aliphatic heterocycles. The molecular formula is C20H14N4O3S. The number of aromatic amines is 1. The number of benzene rings is 3. The first kappa shape index (κ1) is 17.6. The number of aromatic carboxylic acids is 1. The summed E-state index contributed by atoms with van der Waals surface area (Å²) >= 11 is 5.24. The Morgan fingerprint density at radius 1 is 1.11 bits per heavy atom. The number of carboxylic acid groups (broad SMARTS) is 1. The molecule has 1 heterocycles. The largest absolute Gasteiger partial charge is 0.507 e. The van der Waals surface area contributed by atoms with Crippen LogP contribution >= 0.6 is 12.2 Å². The number of aromatic nitrogens is 3. The summed E-state index contributed by atoms with van der Waals surface area (Å²) in [6, 6.07) is 17.5. The Morgan fingerprint density at radius 2 is 1.86 bits per heavy atom. The molecule has 28 heavy (non-hydrogen) atoms. The molecular weight excluding hydrogens is 376 g/mol. The lowest BCUT2D eigenvalue weighted by Gasteiger charge is -2.07. The summed E-state index contributed by atoms with van der Waals surface area (Å²) < 4.78 is 1.56. The third-order valence-corrected chi connectivity index (χ3v) is 4.56. The van der Waals surface area contributed by atoms with Gasteiger partial charge in [0.1, 0.15) is 5.75 Å². The monoisotopic (exact) mass is 390 g/mol. The van der Waals surface area contributed by atoms with Crippen LogP contribution in [0.15, 0.2) is 65.8 Å². The van der Waals surface area contributed by atoms with Gasteiger partial charge in [0.2, 0.25) is 4.77 Å². The fourth-order valence-corrected chi connectivity index (χ4v) is 3.11. The summed E-state index contributed by atoms with van der Waals surface area (Å²) in [6.45, 7) is 0. The van der Waals surface area contributed by atoms with Crippen LogP contribution in [0, 0.1) is 4.77 Å². The minimum atomic E-state index is -1.05. The van der Waals surface area contributed by atoms with Crippen LogP contribution in [0.25, 0.3) is 22.2 Å². The molecule has 8 heteroatoms. The zero-order valence-corrected chi connectivity index (χ0v) is 15.2. The average molecular weight is 390 g/mol. The first-order valence-corrected chi connectivity index (χ1v) is 8.72. The Kier molecular flexibility index (Phi) is 4.46. The van der Waals surface area contributed by atoms with Crippen LogP contribution in [0.3, 0.4) is 0 Å². The number of carboxylic acids is 1. The van der Waals surface area contributed by atoms with Gasteiger partial charge in [-0.15, -0.1) is 0 Å². The molecule has 0 bridgehead atoms. The Morgan fingerprint density at radius 3 is 2.68 bits per heavy atom. The lowest BCUT2D eigenvalue weighted by molar-refractivity contribution is 0.0696. The highest BCUT2D eigenvalue weighted by Gasteiger charge is 2.15. The Balaban J connectivity index is 1.83. The van der Waals surface area contributed by atoms with Crippen molar-refractivity contribution in [1.29, 1.82) is 0 Å². The second-order valence-corrected chi connectivity index (χ2v) is 6.37. The van der Waals surface area contributed by atoms with Gasteiger partial charge < -0.3 is 10.2 Å². The van der Waals surface area contributed by atoms with Crippen molar-refractivity contribution in [2.75, 3.05) is 0 Å². The van der Waals surface area contributed by atoms with E-state index in [9.17, 15) is 15.0 Å². The summed E-state index contributed by atoms with van der Waals surface area (Å²) in [6.07, 6.45) is 1.40. The molecule has 0 amide bonds. The first-order chi connectivity index (χ1) is 13.6. The van der Waals surface area contributed by atoms with Crippen molar-refractivity contribution in [3.05, 3.63) is 76.6 Å². The standard InChI is InChI=1S/C20H14N4O3S/c25-17-14-7-3-1-5-12(14)9-10-16(17)18-22-23-20(28)24(18)21-11-13-6-2-4-8-15(13)19(26)27/h1-11,25H,(H,23,28)(H,26,27)/b21-11+. The van der Waals surface area contributed by atoms with Crippen LogP contribution in [-0.2, 0) is 0 Å². The number of carbonyl (C=O) groups is 1. The maximum absolute atomic E-state index is 11.4. The molecule has 1 aromatic heterocycles. The lowest BCUT2D eigenvalue weighted by atomic mass is 10.1. The zero-order valence-electron chi connectivity index (χ0n) is 14.4. The predicted octanol–water partition coefficient (Wildman–Crippen LogP) is 4.05. The van der Waals surface area contributed by atoms with E-state index in [-0.39, 0.29) is 16.1 Å². The summed E-state index contributed by atoms with van der Waals surface area (Å²) in [5, 5.41) is 32.7. The van der Waals surface area contributed by atoms with E-state index < -0.39 is 5.97 Å². The van der Waals surface area contributed by atoms with Gasteiger partial charge in [0, 0.05) is 10.9 Å². The Hall–Kier alpha value is -3.78. The molecule has 3 aromatic carbocycles. The number of aromatic hydroxyl groups is 1. The molecule has 138 valence electrons. The van der Waals surface area contributed by atoms with E-state index in [2.05, 4.69) is 15.3 Å². The highest BCUT2D eigenvalue weighted by Crippen LogP contribution is 2.34. The van der Waals surface area contributed by atoms with Crippen LogP contribution in [0.2, 0.25) is 0 Å². The Labute approximate surface area is 164 Å². The van der Waals surface area contributed by atoms with E-state index in [0.717, 1.165) is 5.39 Å². The van der Waals surface area contributed by atoms with Crippen LogP contribution in [0.4, 0.5) is 0 Å². The number of fused-ring (bicyclic) bond motifs is 1. The second kappa shape index (κ2) is 7.09. The van der Waals surface area contributed by atoms with Crippen molar-refractivity contribution < 1.29 is 15.0 Å². The van der Waals surface area contributed by atoms with Crippen molar-refractivity contribution in [3.8, 4) is 17.1 Å². The normalized spacial score (nSPS) is 11.3. The van der Waals surface area contributed by atoms with Gasteiger partial charge in [-0.2, -0.15) is 14.9 Å². The molecule has 0 fully saturated rings. The first-order valence-electron chi connectivity index (χ1n) is 8.31. The topological polar surface area (TPSA) is 104 Å². The summed E-state index contributed by atoms with van der Waals surface area (Å²) in [7, 11) is 0. The number of hydrogen-bond acceptors (Lipinski definition) is 5. The van der Waals surface area contributed by atoms with Crippen molar-refractivity contribution in [1.82, 2.24) is 14.9 Å². The molecule has 0 saturated heterocycles. The van der Waals surface area contributed by atoms with Gasteiger partial charge in [-0.05, 0) is 29.7 Å². The van der Waals surface area contributed by atoms with Gasteiger partial charge in [-0.25, -0.2) is 9.89 Å². The third-order valence-electron chi connectivity index (χ3n) is 4.30. The summed E-state index contributed by atoms with van der Waals surface area (Å²) in [5.74, 6) is -0.669. The Bertz CT molecular complexity index is 1290. The van der Waals surface area contributed by atoms with Crippen LogP contribution in [0.1, 0.15) is 15.9 Å².